The van der Waals surface area contributed by atoms with E-state index >= 15 is 0 Å². The van der Waals surface area contributed by atoms with E-state index < -0.39 is 0 Å². The third-order valence-electron chi connectivity index (χ3n) is 6.85. The van der Waals surface area contributed by atoms with Gasteiger partial charge in [-0.1, -0.05) is 17.7 Å². The molecule has 1 unspecified atom stereocenters. The van der Waals surface area contributed by atoms with E-state index in [0.717, 1.165) is 34.1 Å². The molecule has 0 saturated carbocycles. The SMILES string of the molecule is CCOc1ccc(-c2ccc(N3CCN(C(=O)C4CC(=O)N(c5ccc(C)cc5)C4)CC3)nn2)cc1. The Balaban J connectivity index is 1.16. The van der Waals surface area contributed by atoms with Crippen molar-refractivity contribution in [2.24, 2.45) is 5.92 Å². The lowest BCUT2D eigenvalue weighted by molar-refractivity contribution is -0.136. The van der Waals surface area contributed by atoms with E-state index in [4.69, 9.17) is 4.74 Å². The number of piperazine rings is 1. The maximum atomic E-state index is 13.2. The number of anilines is 2. The highest BCUT2D eigenvalue weighted by Crippen LogP contribution is 2.27. The van der Waals surface area contributed by atoms with Gasteiger partial charge in [-0.15, -0.1) is 10.2 Å². The summed E-state index contributed by atoms with van der Waals surface area (Å²) in [7, 11) is 0. The predicted octanol–water partition coefficient (Wildman–Crippen LogP) is 3.55. The van der Waals surface area contributed by atoms with Crippen LogP contribution in [0.2, 0.25) is 0 Å². The second-order valence-electron chi connectivity index (χ2n) is 9.29. The molecule has 0 aliphatic carbocycles. The van der Waals surface area contributed by atoms with Crippen molar-refractivity contribution < 1.29 is 14.3 Å². The molecule has 2 aromatic carbocycles. The van der Waals surface area contributed by atoms with Crippen molar-refractivity contribution in [2.75, 3.05) is 49.1 Å². The van der Waals surface area contributed by atoms with Gasteiger partial charge in [0.2, 0.25) is 11.8 Å². The highest BCUT2D eigenvalue weighted by atomic mass is 16.5. The van der Waals surface area contributed by atoms with Crippen LogP contribution in [0.3, 0.4) is 0 Å². The normalized spacial score (nSPS) is 18.0. The Kier molecular flexibility index (Phi) is 6.84. The quantitative estimate of drug-likeness (QED) is 0.531. The maximum Gasteiger partial charge on any atom is 0.228 e. The van der Waals surface area contributed by atoms with Crippen LogP contribution in [0.15, 0.2) is 60.7 Å². The van der Waals surface area contributed by atoms with Crippen LogP contribution in [-0.4, -0.2) is 66.2 Å². The zero-order valence-corrected chi connectivity index (χ0v) is 20.8. The minimum atomic E-state index is -0.293. The van der Waals surface area contributed by atoms with E-state index in [2.05, 4.69) is 15.1 Å². The summed E-state index contributed by atoms with van der Waals surface area (Å²) in [6, 6.07) is 19.6. The zero-order valence-electron chi connectivity index (χ0n) is 20.8. The third kappa shape index (κ3) is 5.03. The fourth-order valence-electron chi connectivity index (χ4n) is 4.80. The largest absolute Gasteiger partial charge is 0.494 e. The van der Waals surface area contributed by atoms with Crippen molar-refractivity contribution in [1.29, 1.82) is 0 Å². The Morgan fingerprint density at radius 1 is 0.944 bits per heavy atom. The number of aromatic nitrogens is 2. The molecule has 2 saturated heterocycles. The van der Waals surface area contributed by atoms with Crippen molar-refractivity contribution in [3.63, 3.8) is 0 Å². The first kappa shape index (κ1) is 23.8. The Morgan fingerprint density at radius 2 is 1.67 bits per heavy atom. The van der Waals surface area contributed by atoms with Gasteiger partial charge < -0.3 is 19.4 Å². The summed E-state index contributed by atoms with van der Waals surface area (Å²) in [6.07, 6.45) is 0.269. The average molecular weight is 486 g/mol. The topological polar surface area (TPSA) is 78.9 Å². The second-order valence-corrected chi connectivity index (χ2v) is 9.29. The van der Waals surface area contributed by atoms with Crippen molar-refractivity contribution >= 4 is 23.3 Å². The minimum Gasteiger partial charge on any atom is -0.494 e. The van der Waals surface area contributed by atoms with Crippen LogP contribution in [-0.2, 0) is 9.59 Å². The first-order valence-corrected chi connectivity index (χ1v) is 12.5. The summed E-state index contributed by atoms with van der Waals surface area (Å²) in [5.41, 5.74) is 3.79. The molecule has 3 heterocycles. The Bertz CT molecular complexity index is 1200. The molecule has 0 bridgehead atoms. The molecule has 1 aromatic heterocycles. The summed E-state index contributed by atoms with van der Waals surface area (Å²) in [6.45, 7) is 7.65. The lowest BCUT2D eigenvalue weighted by atomic mass is 10.1. The number of carbonyl (C=O) groups excluding carboxylic acids is 2. The van der Waals surface area contributed by atoms with Gasteiger partial charge in [-0.2, -0.15) is 0 Å². The van der Waals surface area contributed by atoms with Crippen LogP contribution >= 0.6 is 0 Å². The van der Waals surface area contributed by atoms with Gasteiger partial charge in [0, 0.05) is 50.4 Å². The van der Waals surface area contributed by atoms with Crippen molar-refractivity contribution in [1.82, 2.24) is 15.1 Å². The first-order chi connectivity index (χ1) is 17.5. The van der Waals surface area contributed by atoms with Gasteiger partial charge >= 0.3 is 0 Å². The van der Waals surface area contributed by atoms with Crippen molar-refractivity contribution in [3.8, 4) is 17.0 Å². The molecule has 5 rings (SSSR count). The molecule has 0 radical (unpaired) electrons. The highest BCUT2D eigenvalue weighted by molar-refractivity contribution is 6.00. The number of nitrogens with zero attached hydrogens (tertiary/aromatic N) is 5. The number of hydrogen-bond acceptors (Lipinski definition) is 6. The van der Waals surface area contributed by atoms with Crippen LogP contribution in [0.5, 0.6) is 5.75 Å². The number of hydrogen-bond donors (Lipinski definition) is 0. The minimum absolute atomic E-state index is 0.0127. The van der Waals surface area contributed by atoms with Gasteiger partial charge in [0.15, 0.2) is 5.82 Å². The van der Waals surface area contributed by atoms with Crippen LogP contribution < -0.4 is 14.5 Å². The Labute approximate surface area is 211 Å². The summed E-state index contributed by atoms with van der Waals surface area (Å²) in [5.74, 6) is 1.42. The molecule has 0 spiro atoms. The predicted molar refractivity (Wildman–Crippen MR) is 139 cm³/mol. The van der Waals surface area contributed by atoms with Gasteiger partial charge in [-0.25, -0.2) is 0 Å². The fraction of sp³-hybridized carbons (Fsp3) is 0.357. The van der Waals surface area contributed by atoms with Crippen molar-refractivity contribution in [2.45, 2.75) is 20.3 Å². The lowest BCUT2D eigenvalue weighted by Gasteiger charge is -2.36. The molecule has 1 atom stereocenters. The maximum absolute atomic E-state index is 13.2. The fourth-order valence-corrected chi connectivity index (χ4v) is 4.80. The third-order valence-corrected chi connectivity index (χ3v) is 6.85. The van der Waals surface area contributed by atoms with Crippen molar-refractivity contribution in [3.05, 3.63) is 66.2 Å². The van der Waals surface area contributed by atoms with Crippen LogP contribution in [0.25, 0.3) is 11.3 Å². The summed E-state index contributed by atoms with van der Waals surface area (Å²) >= 11 is 0. The van der Waals surface area contributed by atoms with Crippen LogP contribution in [0.1, 0.15) is 18.9 Å². The number of ether oxygens (including phenoxy) is 1. The first-order valence-electron chi connectivity index (χ1n) is 12.5. The molecular formula is C28H31N5O3. The smallest absolute Gasteiger partial charge is 0.228 e. The van der Waals surface area contributed by atoms with Gasteiger partial charge in [0.1, 0.15) is 5.75 Å². The van der Waals surface area contributed by atoms with Crippen LogP contribution in [0, 0.1) is 12.8 Å². The van der Waals surface area contributed by atoms with Crippen LogP contribution in [0.4, 0.5) is 11.5 Å². The molecule has 36 heavy (non-hydrogen) atoms. The Hall–Kier alpha value is -3.94. The Morgan fingerprint density at radius 3 is 2.31 bits per heavy atom. The molecule has 8 nitrogen and oxygen atoms in total. The van der Waals surface area contributed by atoms with E-state index in [-0.39, 0.29) is 24.2 Å². The molecule has 2 fully saturated rings. The van der Waals surface area contributed by atoms with E-state index in [9.17, 15) is 9.59 Å². The number of rotatable bonds is 6. The summed E-state index contributed by atoms with van der Waals surface area (Å²) < 4.78 is 5.50. The summed E-state index contributed by atoms with van der Waals surface area (Å²) in [4.78, 5) is 31.5. The van der Waals surface area contributed by atoms with Gasteiger partial charge in [0.05, 0.1) is 18.2 Å². The van der Waals surface area contributed by atoms with Gasteiger partial charge in [0.25, 0.3) is 0 Å². The lowest BCUT2D eigenvalue weighted by Crippen LogP contribution is -2.51. The second kappa shape index (κ2) is 10.4. The number of amides is 2. The number of benzene rings is 2. The molecule has 3 aromatic rings. The molecule has 0 N–H and O–H groups in total. The van der Waals surface area contributed by atoms with Gasteiger partial charge in [-0.05, 0) is 62.4 Å². The molecule has 2 aliphatic rings. The zero-order chi connectivity index (χ0) is 25.1. The molecule has 186 valence electrons. The molecule has 8 heteroatoms. The average Bonchev–Trinajstić information content (AvgIpc) is 3.31. The number of aryl methyl sites for hydroxylation is 1. The standard InChI is InChI=1S/C28H31N5O3/c1-3-36-24-10-6-21(7-11-24)25-12-13-26(30-29-25)31-14-16-32(17-15-31)28(35)22-18-27(34)33(19-22)23-8-4-20(2)5-9-23/h4-13,22H,3,14-19H2,1-2H3. The van der Waals surface area contributed by atoms with Gasteiger partial charge in [-0.3, -0.25) is 9.59 Å². The molecule has 2 amide bonds. The highest BCUT2D eigenvalue weighted by Gasteiger charge is 2.38. The van der Waals surface area contributed by atoms with E-state index in [0.29, 0.717) is 39.3 Å². The number of carbonyl (C=O) groups is 2. The van der Waals surface area contributed by atoms with E-state index in [1.54, 1.807) is 4.90 Å². The van der Waals surface area contributed by atoms with E-state index in [1.165, 1.54) is 0 Å². The van der Waals surface area contributed by atoms with E-state index in [1.807, 2.05) is 79.4 Å². The monoisotopic (exact) mass is 485 g/mol. The summed E-state index contributed by atoms with van der Waals surface area (Å²) in [5, 5.41) is 8.85. The molecule has 2 aliphatic heterocycles. The molecular weight excluding hydrogens is 454 g/mol.